The summed E-state index contributed by atoms with van der Waals surface area (Å²) in [5, 5.41) is 12.9. The number of aryl methyl sites for hydroxylation is 2. The van der Waals surface area contributed by atoms with Crippen LogP contribution in [0.3, 0.4) is 0 Å². The van der Waals surface area contributed by atoms with Crippen LogP contribution in [-0.2, 0) is 11.4 Å². The molecule has 0 fully saturated rings. The van der Waals surface area contributed by atoms with Gasteiger partial charge in [-0.25, -0.2) is 0 Å². The third-order valence-corrected chi connectivity index (χ3v) is 5.59. The summed E-state index contributed by atoms with van der Waals surface area (Å²) in [6.45, 7) is 4.23. The van der Waals surface area contributed by atoms with E-state index in [1.165, 1.54) is 0 Å². The molecular formula is C25H20BrClN2O2. The van der Waals surface area contributed by atoms with Gasteiger partial charge in [0, 0.05) is 16.3 Å². The highest BCUT2D eigenvalue weighted by Gasteiger charge is 2.12. The van der Waals surface area contributed by atoms with E-state index >= 15 is 0 Å². The van der Waals surface area contributed by atoms with Crippen LogP contribution in [0.2, 0.25) is 5.02 Å². The summed E-state index contributed by atoms with van der Waals surface area (Å²) in [5.74, 6) is 0.180. The first-order chi connectivity index (χ1) is 14.9. The molecule has 0 saturated heterocycles. The predicted molar refractivity (Wildman–Crippen MR) is 128 cm³/mol. The van der Waals surface area contributed by atoms with Crippen molar-refractivity contribution in [3.8, 4) is 11.8 Å². The molecule has 0 aliphatic heterocycles. The fourth-order valence-electron chi connectivity index (χ4n) is 2.95. The first-order valence-corrected chi connectivity index (χ1v) is 10.7. The summed E-state index contributed by atoms with van der Waals surface area (Å²) in [7, 11) is 0. The number of carbonyl (C=O) groups is 1. The minimum absolute atomic E-state index is 0.0108. The van der Waals surface area contributed by atoms with Crippen molar-refractivity contribution in [1.29, 1.82) is 5.26 Å². The molecule has 6 heteroatoms. The number of amides is 1. The highest BCUT2D eigenvalue weighted by atomic mass is 79.9. The summed E-state index contributed by atoms with van der Waals surface area (Å²) in [6, 6.07) is 20.6. The van der Waals surface area contributed by atoms with E-state index in [1.54, 1.807) is 24.3 Å². The molecule has 0 spiro atoms. The molecule has 0 aliphatic rings. The monoisotopic (exact) mass is 494 g/mol. The minimum Gasteiger partial charge on any atom is -0.488 e. The van der Waals surface area contributed by atoms with Crippen molar-refractivity contribution in [2.45, 2.75) is 20.5 Å². The zero-order valence-electron chi connectivity index (χ0n) is 17.1. The maximum Gasteiger partial charge on any atom is 0.266 e. The zero-order valence-corrected chi connectivity index (χ0v) is 19.4. The molecule has 3 rings (SSSR count). The molecule has 0 bridgehead atoms. The van der Waals surface area contributed by atoms with Gasteiger partial charge in [0.1, 0.15) is 24.0 Å². The van der Waals surface area contributed by atoms with Crippen molar-refractivity contribution in [2.24, 2.45) is 0 Å². The molecule has 1 amide bonds. The van der Waals surface area contributed by atoms with Crippen molar-refractivity contribution in [1.82, 2.24) is 0 Å². The lowest BCUT2D eigenvalue weighted by molar-refractivity contribution is -0.112. The van der Waals surface area contributed by atoms with Crippen LogP contribution >= 0.6 is 27.5 Å². The van der Waals surface area contributed by atoms with Crippen LogP contribution in [0, 0.1) is 25.2 Å². The lowest BCUT2D eigenvalue weighted by Crippen LogP contribution is -2.14. The molecule has 0 unspecified atom stereocenters. The highest BCUT2D eigenvalue weighted by molar-refractivity contribution is 9.10. The predicted octanol–water partition coefficient (Wildman–Crippen LogP) is 6.84. The zero-order chi connectivity index (χ0) is 22.4. The van der Waals surface area contributed by atoms with E-state index in [1.807, 2.05) is 62.4 Å². The third kappa shape index (κ3) is 5.97. The summed E-state index contributed by atoms with van der Waals surface area (Å²) in [6.07, 6.45) is 1.54. The Hall–Kier alpha value is -3.07. The number of hydrogen-bond acceptors (Lipinski definition) is 3. The second-order valence-electron chi connectivity index (χ2n) is 7.01. The van der Waals surface area contributed by atoms with Crippen LogP contribution in [-0.4, -0.2) is 5.91 Å². The second-order valence-corrected chi connectivity index (χ2v) is 8.27. The molecule has 1 N–H and O–H groups in total. The summed E-state index contributed by atoms with van der Waals surface area (Å²) in [5.41, 5.74) is 4.32. The molecule has 0 atom stereocenters. The molecule has 3 aromatic carbocycles. The Labute approximate surface area is 195 Å². The molecule has 4 nitrogen and oxygen atoms in total. The molecule has 0 radical (unpaired) electrons. The standard InChI is InChI=1S/C25H20BrClN2O2/c1-16-7-9-23(17(2)11-16)29-25(30)20(14-28)12-18-8-10-24(21(26)13-18)31-15-19-5-3-4-6-22(19)27/h3-13H,15H2,1-2H3,(H,29,30)/b20-12+. The molecule has 3 aromatic rings. The number of ether oxygens (including phenoxy) is 1. The summed E-state index contributed by atoms with van der Waals surface area (Å²) in [4.78, 5) is 12.6. The van der Waals surface area contributed by atoms with Gasteiger partial charge in [0.2, 0.25) is 0 Å². The van der Waals surface area contributed by atoms with Gasteiger partial charge >= 0.3 is 0 Å². The van der Waals surface area contributed by atoms with Gasteiger partial charge in [0.15, 0.2) is 0 Å². The van der Waals surface area contributed by atoms with Gasteiger partial charge in [0.05, 0.1) is 4.47 Å². The van der Waals surface area contributed by atoms with Gasteiger partial charge in [-0.05, 0) is 71.2 Å². The smallest absolute Gasteiger partial charge is 0.266 e. The molecule has 0 aromatic heterocycles. The summed E-state index contributed by atoms with van der Waals surface area (Å²) >= 11 is 9.65. The lowest BCUT2D eigenvalue weighted by atomic mass is 10.1. The Balaban J connectivity index is 1.73. The fourth-order valence-corrected chi connectivity index (χ4v) is 3.65. The Morgan fingerprint density at radius 1 is 1.16 bits per heavy atom. The van der Waals surface area contributed by atoms with Crippen LogP contribution in [0.1, 0.15) is 22.3 Å². The van der Waals surface area contributed by atoms with Gasteiger partial charge < -0.3 is 10.1 Å². The largest absolute Gasteiger partial charge is 0.488 e. The number of halogens is 2. The first-order valence-electron chi connectivity index (χ1n) is 9.53. The van der Waals surface area contributed by atoms with Crippen LogP contribution in [0.4, 0.5) is 5.69 Å². The SMILES string of the molecule is Cc1ccc(NC(=O)/C(C#N)=C/c2ccc(OCc3ccccc3Cl)c(Br)c2)c(C)c1. The van der Waals surface area contributed by atoms with Crippen molar-refractivity contribution in [3.05, 3.63) is 98.0 Å². The van der Waals surface area contributed by atoms with Crippen molar-refractivity contribution >= 4 is 45.2 Å². The average molecular weight is 496 g/mol. The molecule has 0 saturated carbocycles. The fraction of sp³-hybridized carbons (Fsp3) is 0.120. The maximum absolute atomic E-state index is 12.6. The van der Waals surface area contributed by atoms with E-state index in [0.29, 0.717) is 33.1 Å². The number of rotatable bonds is 6. The molecular weight excluding hydrogens is 476 g/mol. The van der Waals surface area contributed by atoms with Gasteiger partial charge in [-0.1, -0.05) is 53.6 Å². The Bertz CT molecular complexity index is 1200. The quantitative estimate of drug-likeness (QED) is 0.301. The molecule has 156 valence electrons. The van der Waals surface area contributed by atoms with Gasteiger partial charge in [-0.2, -0.15) is 5.26 Å². The van der Waals surface area contributed by atoms with E-state index in [4.69, 9.17) is 16.3 Å². The molecule has 0 heterocycles. The normalized spacial score (nSPS) is 11.0. The number of carbonyl (C=O) groups excluding carboxylic acids is 1. The van der Waals surface area contributed by atoms with Crippen LogP contribution in [0.25, 0.3) is 6.08 Å². The average Bonchev–Trinajstić information content (AvgIpc) is 2.74. The van der Waals surface area contributed by atoms with Crippen molar-refractivity contribution < 1.29 is 9.53 Å². The van der Waals surface area contributed by atoms with E-state index in [2.05, 4.69) is 21.2 Å². The van der Waals surface area contributed by atoms with Crippen molar-refractivity contribution in [2.75, 3.05) is 5.32 Å². The maximum atomic E-state index is 12.6. The summed E-state index contributed by atoms with van der Waals surface area (Å²) < 4.78 is 6.55. The number of nitriles is 1. The second kappa shape index (κ2) is 10.3. The Morgan fingerprint density at radius 2 is 1.94 bits per heavy atom. The Kier molecular flexibility index (Phi) is 7.51. The lowest BCUT2D eigenvalue weighted by Gasteiger charge is -2.10. The van der Waals surface area contributed by atoms with Gasteiger partial charge in [-0.15, -0.1) is 0 Å². The topological polar surface area (TPSA) is 62.1 Å². The number of benzene rings is 3. The van der Waals surface area contributed by atoms with Crippen molar-refractivity contribution in [3.63, 3.8) is 0 Å². The molecule has 0 aliphatic carbocycles. The number of anilines is 1. The van der Waals surface area contributed by atoms with Gasteiger partial charge in [0.25, 0.3) is 5.91 Å². The van der Waals surface area contributed by atoms with E-state index < -0.39 is 5.91 Å². The van der Waals surface area contributed by atoms with E-state index in [9.17, 15) is 10.1 Å². The van der Waals surface area contributed by atoms with E-state index in [0.717, 1.165) is 16.7 Å². The number of nitrogens with zero attached hydrogens (tertiary/aromatic N) is 1. The first kappa shape index (κ1) is 22.6. The Morgan fingerprint density at radius 3 is 2.61 bits per heavy atom. The van der Waals surface area contributed by atoms with Crippen LogP contribution < -0.4 is 10.1 Å². The van der Waals surface area contributed by atoms with Crippen LogP contribution in [0.15, 0.2) is 70.7 Å². The van der Waals surface area contributed by atoms with E-state index in [-0.39, 0.29) is 5.57 Å². The highest BCUT2D eigenvalue weighted by Crippen LogP contribution is 2.29. The van der Waals surface area contributed by atoms with Crippen LogP contribution in [0.5, 0.6) is 5.75 Å². The number of nitrogens with one attached hydrogen (secondary N) is 1. The number of hydrogen-bond donors (Lipinski definition) is 1. The molecule has 31 heavy (non-hydrogen) atoms. The van der Waals surface area contributed by atoms with Gasteiger partial charge in [-0.3, -0.25) is 4.79 Å². The minimum atomic E-state index is -0.454. The third-order valence-electron chi connectivity index (χ3n) is 4.60.